The first-order valence-electron chi connectivity index (χ1n) is 10.7. The standard InChI is InChI=1S/C23H29N3O4S/c1-16-14-20(16)23(27)24-18-8-11-21(26-12-4-3-5-13-26)22(15-18)31(28,29)25-17-6-9-19(30-2)10-7-17/h6-11,15-16,20,25H,3-5,12-14H2,1-2H3,(H,24,27)/t16-,20-/m1/s1. The highest BCUT2D eigenvalue weighted by molar-refractivity contribution is 7.92. The second-order valence-electron chi connectivity index (χ2n) is 8.37. The van der Waals surface area contributed by atoms with Crippen LogP contribution in [-0.4, -0.2) is 34.5 Å². The van der Waals surface area contributed by atoms with E-state index in [9.17, 15) is 13.2 Å². The number of methoxy groups -OCH3 is 1. The Morgan fingerprint density at radius 3 is 2.29 bits per heavy atom. The van der Waals surface area contributed by atoms with Crippen molar-refractivity contribution in [3.05, 3.63) is 42.5 Å². The highest BCUT2D eigenvalue weighted by atomic mass is 32.2. The van der Waals surface area contributed by atoms with Crippen molar-refractivity contribution >= 4 is 33.0 Å². The zero-order chi connectivity index (χ0) is 22.0. The SMILES string of the molecule is COc1ccc(NS(=O)(=O)c2cc(NC(=O)[C@@H]3C[C@H]3C)ccc2N2CCCCC2)cc1. The van der Waals surface area contributed by atoms with Crippen molar-refractivity contribution in [2.75, 3.05) is 35.1 Å². The molecule has 0 unspecified atom stereocenters. The van der Waals surface area contributed by atoms with Crippen molar-refractivity contribution in [1.29, 1.82) is 0 Å². The van der Waals surface area contributed by atoms with Crippen molar-refractivity contribution in [3.8, 4) is 5.75 Å². The number of hydrogen-bond acceptors (Lipinski definition) is 5. The number of rotatable bonds is 7. The highest BCUT2D eigenvalue weighted by Gasteiger charge is 2.39. The second kappa shape index (κ2) is 8.78. The van der Waals surface area contributed by atoms with Gasteiger partial charge in [-0.3, -0.25) is 9.52 Å². The molecular formula is C23H29N3O4S. The van der Waals surface area contributed by atoms with E-state index in [1.165, 1.54) is 0 Å². The summed E-state index contributed by atoms with van der Waals surface area (Å²) in [5.74, 6) is 0.993. The summed E-state index contributed by atoms with van der Waals surface area (Å²) in [5, 5.41) is 2.89. The first kappa shape index (κ1) is 21.5. The largest absolute Gasteiger partial charge is 0.497 e. The zero-order valence-electron chi connectivity index (χ0n) is 17.9. The van der Waals surface area contributed by atoms with Gasteiger partial charge in [0, 0.05) is 30.4 Å². The van der Waals surface area contributed by atoms with Crippen molar-refractivity contribution in [2.45, 2.75) is 37.5 Å². The summed E-state index contributed by atoms with van der Waals surface area (Å²) in [4.78, 5) is 14.7. The molecule has 2 aliphatic rings. The van der Waals surface area contributed by atoms with Gasteiger partial charge >= 0.3 is 0 Å². The molecule has 2 N–H and O–H groups in total. The number of carbonyl (C=O) groups is 1. The van der Waals surface area contributed by atoms with Crippen molar-refractivity contribution in [3.63, 3.8) is 0 Å². The maximum absolute atomic E-state index is 13.4. The maximum Gasteiger partial charge on any atom is 0.264 e. The molecule has 31 heavy (non-hydrogen) atoms. The van der Waals surface area contributed by atoms with E-state index < -0.39 is 10.0 Å². The number of hydrogen-bond donors (Lipinski definition) is 2. The van der Waals surface area contributed by atoms with Gasteiger partial charge in [0.15, 0.2) is 0 Å². The van der Waals surface area contributed by atoms with Gasteiger partial charge in [-0.1, -0.05) is 6.92 Å². The molecule has 2 aromatic rings. The van der Waals surface area contributed by atoms with E-state index >= 15 is 0 Å². The molecular weight excluding hydrogens is 414 g/mol. The number of ether oxygens (including phenoxy) is 1. The van der Waals surface area contributed by atoms with Gasteiger partial charge in [-0.05, 0) is 74.1 Å². The van der Waals surface area contributed by atoms with E-state index in [1.807, 2.05) is 6.92 Å². The van der Waals surface area contributed by atoms with Crippen LogP contribution in [0.5, 0.6) is 5.75 Å². The summed E-state index contributed by atoms with van der Waals surface area (Å²) in [7, 11) is -2.31. The quantitative estimate of drug-likeness (QED) is 0.673. The minimum Gasteiger partial charge on any atom is -0.497 e. The predicted octanol–water partition coefficient (Wildman–Crippen LogP) is 4.08. The average Bonchev–Trinajstić information content (AvgIpc) is 3.51. The minimum absolute atomic E-state index is 0.0132. The third kappa shape index (κ3) is 4.95. The van der Waals surface area contributed by atoms with Crippen LogP contribution in [-0.2, 0) is 14.8 Å². The number of carbonyl (C=O) groups excluding carboxylic acids is 1. The number of nitrogens with zero attached hydrogens (tertiary/aromatic N) is 1. The normalized spacial score (nSPS) is 20.8. The Kier molecular flexibility index (Phi) is 6.09. The van der Waals surface area contributed by atoms with Crippen LogP contribution in [0.25, 0.3) is 0 Å². The second-order valence-corrected chi connectivity index (χ2v) is 10.0. The molecule has 0 radical (unpaired) electrons. The summed E-state index contributed by atoms with van der Waals surface area (Å²) in [6, 6.07) is 11.9. The Bertz CT molecular complexity index is 1050. The molecule has 2 fully saturated rings. The molecule has 8 heteroatoms. The van der Waals surface area contributed by atoms with Crippen molar-refractivity contribution in [1.82, 2.24) is 0 Å². The van der Waals surface area contributed by atoms with Crippen molar-refractivity contribution in [2.24, 2.45) is 11.8 Å². The molecule has 4 rings (SSSR count). The van der Waals surface area contributed by atoms with Crippen LogP contribution in [0.4, 0.5) is 17.1 Å². The molecule has 1 heterocycles. The molecule has 1 aliphatic carbocycles. The van der Waals surface area contributed by atoms with Gasteiger partial charge in [-0.25, -0.2) is 8.42 Å². The number of nitrogens with one attached hydrogen (secondary N) is 2. The summed E-state index contributed by atoms with van der Waals surface area (Å²) >= 11 is 0. The molecule has 7 nitrogen and oxygen atoms in total. The van der Waals surface area contributed by atoms with Gasteiger partial charge in [-0.2, -0.15) is 0 Å². The van der Waals surface area contributed by atoms with E-state index in [0.717, 1.165) is 38.8 Å². The number of sulfonamides is 1. The summed E-state index contributed by atoms with van der Waals surface area (Å²) in [5.41, 5.74) is 1.62. The lowest BCUT2D eigenvalue weighted by molar-refractivity contribution is -0.117. The number of amides is 1. The van der Waals surface area contributed by atoms with Gasteiger partial charge in [0.25, 0.3) is 10.0 Å². The van der Waals surface area contributed by atoms with Crippen LogP contribution in [0.2, 0.25) is 0 Å². The van der Waals surface area contributed by atoms with Crippen LogP contribution in [0, 0.1) is 11.8 Å². The fourth-order valence-corrected chi connectivity index (χ4v) is 5.31. The first-order chi connectivity index (χ1) is 14.9. The van der Waals surface area contributed by atoms with Crippen molar-refractivity contribution < 1.29 is 17.9 Å². The Morgan fingerprint density at radius 1 is 1.03 bits per heavy atom. The first-order valence-corrected chi connectivity index (χ1v) is 12.2. The third-order valence-electron chi connectivity index (χ3n) is 6.00. The molecule has 1 amide bonds. The predicted molar refractivity (Wildman–Crippen MR) is 122 cm³/mol. The van der Waals surface area contributed by atoms with E-state index in [4.69, 9.17) is 4.74 Å². The Morgan fingerprint density at radius 2 is 1.68 bits per heavy atom. The van der Waals surface area contributed by atoms with Crippen LogP contribution in [0.1, 0.15) is 32.6 Å². The van der Waals surface area contributed by atoms with E-state index in [1.54, 1.807) is 49.6 Å². The lowest BCUT2D eigenvalue weighted by Gasteiger charge is -2.30. The van der Waals surface area contributed by atoms with Crippen LogP contribution in [0.3, 0.4) is 0 Å². The fourth-order valence-electron chi connectivity index (χ4n) is 3.99. The molecule has 0 spiro atoms. The van der Waals surface area contributed by atoms with Gasteiger partial charge in [0.1, 0.15) is 10.6 Å². The third-order valence-corrected chi connectivity index (χ3v) is 7.41. The smallest absolute Gasteiger partial charge is 0.264 e. The zero-order valence-corrected chi connectivity index (χ0v) is 18.7. The molecule has 1 aliphatic heterocycles. The maximum atomic E-state index is 13.4. The number of benzene rings is 2. The van der Waals surface area contributed by atoms with E-state index in [-0.39, 0.29) is 16.7 Å². The molecule has 2 aromatic carbocycles. The van der Waals surface area contributed by atoms with Crippen LogP contribution >= 0.6 is 0 Å². The number of anilines is 3. The topological polar surface area (TPSA) is 87.7 Å². The Labute approximate surface area is 183 Å². The summed E-state index contributed by atoms with van der Waals surface area (Å²) in [6.45, 7) is 3.67. The molecule has 0 aromatic heterocycles. The average molecular weight is 444 g/mol. The van der Waals surface area contributed by atoms with Crippen LogP contribution in [0.15, 0.2) is 47.4 Å². The highest BCUT2D eigenvalue weighted by Crippen LogP contribution is 2.39. The summed E-state index contributed by atoms with van der Waals surface area (Å²) in [6.07, 6.45) is 4.09. The molecule has 1 saturated carbocycles. The molecule has 1 saturated heterocycles. The lowest BCUT2D eigenvalue weighted by atomic mass is 10.1. The molecule has 166 valence electrons. The Hall–Kier alpha value is -2.74. The monoisotopic (exact) mass is 443 g/mol. The van der Waals surface area contributed by atoms with Gasteiger partial charge in [0.05, 0.1) is 12.8 Å². The lowest BCUT2D eigenvalue weighted by Crippen LogP contribution is -2.31. The Balaban J connectivity index is 1.65. The van der Waals surface area contributed by atoms with Gasteiger partial charge in [0.2, 0.25) is 5.91 Å². The fraction of sp³-hybridized carbons (Fsp3) is 0.435. The van der Waals surface area contributed by atoms with Gasteiger partial charge < -0.3 is 15.0 Å². The number of piperidine rings is 1. The molecule has 2 atom stereocenters. The van der Waals surface area contributed by atoms with E-state index in [2.05, 4.69) is 14.9 Å². The molecule has 0 bridgehead atoms. The van der Waals surface area contributed by atoms with Crippen LogP contribution < -0.4 is 19.7 Å². The van der Waals surface area contributed by atoms with Gasteiger partial charge in [-0.15, -0.1) is 0 Å². The summed E-state index contributed by atoms with van der Waals surface area (Å²) < 4.78 is 34.6. The minimum atomic E-state index is -3.87. The van der Waals surface area contributed by atoms with E-state index in [0.29, 0.717) is 28.7 Å².